The second kappa shape index (κ2) is 7.89. The SMILES string of the molecule is COc1ccccc1C(c1ccc(Cl)cc1)N1CCCCC1C(=O)O. The Morgan fingerprint density at radius 2 is 1.92 bits per heavy atom. The lowest BCUT2D eigenvalue weighted by Crippen LogP contribution is -2.46. The first-order valence-corrected chi connectivity index (χ1v) is 8.86. The molecule has 0 aliphatic carbocycles. The van der Waals surface area contributed by atoms with Crippen molar-refractivity contribution in [2.45, 2.75) is 31.3 Å². The van der Waals surface area contributed by atoms with Gasteiger partial charge in [-0.1, -0.05) is 48.4 Å². The van der Waals surface area contributed by atoms with E-state index < -0.39 is 12.0 Å². The summed E-state index contributed by atoms with van der Waals surface area (Å²) in [4.78, 5) is 13.9. The number of rotatable bonds is 5. The molecule has 132 valence electrons. The Kier molecular flexibility index (Phi) is 5.61. The van der Waals surface area contributed by atoms with E-state index in [1.165, 1.54) is 0 Å². The smallest absolute Gasteiger partial charge is 0.320 e. The van der Waals surface area contributed by atoms with Gasteiger partial charge in [-0.15, -0.1) is 0 Å². The number of nitrogens with zero attached hydrogens (tertiary/aromatic N) is 1. The number of para-hydroxylation sites is 1. The number of carbonyl (C=O) groups is 1. The second-order valence-electron chi connectivity index (χ2n) is 6.28. The van der Waals surface area contributed by atoms with Crippen LogP contribution in [0.25, 0.3) is 0 Å². The van der Waals surface area contributed by atoms with E-state index in [2.05, 4.69) is 4.90 Å². The van der Waals surface area contributed by atoms with Gasteiger partial charge in [-0.05, 0) is 43.1 Å². The summed E-state index contributed by atoms with van der Waals surface area (Å²) in [7, 11) is 1.64. The molecule has 2 unspecified atom stereocenters. The van der Waals surface area contributed by atoms with E-state index in [1.54, 1.807) is 7.11 Å². The van der Waals surface area contributed by atoms with E-state index in [0.29, 0.717) is 11.4 Å². The van der Waals surface area contributed by atoms with Crippen LogP contribution in [0, 0.1) is 0 Å². The Morgan fingerprint density at radius 3 is 2.60 bits per heavy atom. The fraction of sp³-hybridized carbons (Fsp3) is 0.350. The molecular weight excluding hydrogens is 338 g/mol. The molecule has 2 atom stereocenters. The molecular formula is C20H22ClNO3. The predicted molar refractivity (Wildman–Crippen MR) is 98.3 cm³/mol. The van der Waals surface area contributed by atoms with E-state index in [-0.39, 0.29) is 6.04 Å². The maximum atomic E-state index is 11.8. The van der Waals surface area contributed by atoms with Crippen LogP contribution in [0.4, 0.5) is 0 Å². The number of ether oxygens (including phenoxy) is 1. The van der Waals surface area contributed by atoms with Crippen molar-refractivity contribution >= 4 is 17.6 Å². The molecule has 2 aromatic rings. The standard InChI is InChI=1S/C20H22ClNO3/c1-25-18-8-3-2-6-16(18)19(14-9-11-15(21)12-10-14)22-13-5-4-7-17(22)20(23)24/h2-3,6,8-12,17,19H,4-5,7,13H2,1H3,(H,23,24). The molecule has 0 amide bonds. The Labute approximate surface area is 153 Å². The van der Waals surface area contributed by atoms with E-state index in [1.807, 2.05) is 48.5 Å². The van der Waals surface area contributed by atoms with Crippen molar-refractivity contribution in [3.05, 3.63) is 64.7 Å². The van der Waals surface area contributed by atoms with Gasteiger partial charge in [-0.25, -0.2) is 0 Å². The molecule has 25 heavy (non-hydrogen) atoms. The highest BCUT2D eigenvalue weighted by molar-refractivity contribution is 6.30. The fourth-order valence-electron chi connectivity index (χ4n) is 3.62. The number of likely N-dealkylation sites (tertiary alicyclic amines) is 1. The highest BCUT2D eigenvalue weighted by atomic mass is 35.5. The Balaban J connectivity index is 2.11. The molecule has 0 bridgehead atoms. The molecule has 5 heteroatoms. The maximum absolute atomic E-state index is 11.8. The number of carboxylic acid groups (broad SMARTS) is 1. The molecule has 1 saturated heterocycles. The molecule has 1 heterocycles. The van der Waals surface area contributed by atoms with Gasteiger partial charge in [0.1, 0.15) is 11.8 Å². The van der Waals surface area contributed by atoms with Crippen molar-refractivity contribution in [1.29, 1.82) is 0 Å². The van der Waals surface area contributed by atoms with Crippen molar-refractivity contribution in [2.24, 2.45) is 0 Å². The number of carboxylic acids is 1. The zero-order valence-corrected chi connectivity index (χ0v) is 14.9. The average Bonchev–Trinajstić information content (AvgIpc) is 2.64. The van der Waals surface area contributed by atoms with Gasteiger partial charge in [0.05, 0.1) is 13.2 Å². The Hall–Kier alpha value is -2.04. The minimum absolute atomic E-state index is 0.185. The van der Waals surface area contributed by atoms with Gasteiger partial charge < -0.3 is 9.84 Å². The van der Waals surface area contributed by atoms with Gasteiger partial charge in [0, 0.05) is 10.6 Å². The van der Waals surface area contributed by atoms with Crippen LogP contribution >= 0.6 is 11.6 Å². The van der Waals surface area contributed by atoms with E-state index in [0.717, 1.165) is 36.3 Å². The van der Waals surface area contributed by atoms with Crippen LogP contribution in [0.5, 0.6) is 5.75 Å². The molecule has 0 radical (unpaired) electrons. The number of benzene rings is 2. The summed E-state index contributed by atoms with van der Waals surface area (Å²) in [6.07, 6.45) is 2.59. The van der Waals surface area contributed by atoms with Gasteiger partial charge in [-0.2, -0.15) is 0 Å². The molecule has 1 aliphatic heterocycles. The average molecular weight is 360 g/mol. The quantitative estimate of drug-likeness (QED) is 0.860. The van der Waals surface area contributed by atoms with Gasteiger partial charge in [0.25, 0.3) is 0 Å². The van der Waals surface area contributed by atoms with Gasteiger partial charge in [0.15, 0.2) is 0 Å². The van der Waals surface area contributed by atoms with Crippen LogP contribution in [-0.2, 0) is 4.79 Å². The van der Waals surface area contributed by atoms with Crippen molar-refractivity contribution in [3.8, 4) is 5.75 Å². The van der Waals surface area contributed by atoms with Crippen LogP contribution in [-0.4, -0.2) is 35.7 Å². The van der Waals surface area contributed by atoms with E-state index >= 15 is 0 Å². The molecule has 0 aromatic heterocycles. The van der Waals surface area contributed by atoms with Crippen molar-refractivity contribution in [3.63, 3.8) is 0 Å². The fourth-order valence-corrected chi connectivity index (χ4v) is 3.74. The third kappa shape index (κ3) is 3.80. The minimum Gasteiger partial charge on any atom is -0.496 e. The first kappa shape index (κ1) is 17.8. The minimum atomic E-state index is -0.770. The number of halogens is 1. The number of hydrogen-bond acceptors (Lipinski definition) is 3. The molecule has 4 nitrogen and oxygen atoms in total. The highest BCUT2D eigenvalue weighted by Gasteiger charge is 2.36. The zero-order chi connectivity index (χ0) is 17.8. The first-order chi connectivity index (χ1) is 12.1. The summed E-state index contributed by atoms with van der Waals surface area (Å²) in [5.41, 5.74) is 1.99. The third-order valence-electron chi connectivity index (χ3n) is 4.78. The topological polar surface area (TPSA) is 49.8 Å². The normalized spacial score (nSPS) is 19.4. The summed E-state index contributed by atoms with van der Waals surface area (Å²) in [6.45, 7) is 0.738. The van der Waals surface area contributed by atoms with Crippen molar-refractivity contribution in [1.82, 2.24) is 4.90 Å². The van der Waals surface area contributed by atoms with Crippen LogP contribution in [0.2, 0.25) is 5.02 Å². The number of hydrogen-bond donors (Lipinski definition) is 1. The lowest BCUT2D eigenvalue weighted by Gasteiger charge is -2.40. The first-order valence-electron chi connectivity index (χ1n) is 8.48. The van der Waals surface area contributed by atoms with Gasteiger partial charge >= 0.3 is 5.97 Å². The van der Waals surface area contributed by atoms with Crippen LogP contribution in [0.1, 0.15) is 36.4 Å². The number of methoxy groups -OCH3 is 1. The van der Waals surface area contributed by atoms with E-state index in [4.69, 9.17) is 16.3 Å². The van der Waals surface area contributed by atoms with Gasteiger partial charge in [-0.3, -0.25) is 9.69 Å². The van der Waals surface area contributed by atoms with Gasteiger partial charge in [0.2, 0.25) is 0 Å². The lowest BCUT2D eigenvalue weighted by atomic mass is 9.91. The van der Waals surface area contributed by atoms with E-state index in [9.17, 15) is 9.90 Å². The van der Waals surface area contributed by atoms with Crippen molar-refractivity contribution in [2.75, 3.05) is 13.7 Å². The summed E-state index contributed by atoms with van der Waals surface area (Å²) in [6, 6.07) is 14.7. The lowest BCUT2D eigenvalue weighted by molar-refractivity contribution is -0.145. The number of aliphatic carboxylic acids is 1. The molecule has 1 N–H and O–H groups in total. The van der Waals surface area contributed by atoms with Crippen molar-refractivity contribution < 1.29 is 14.6 Å². The van der Waals surface area contributed by atoms with Crippen LogP contribution in [0.3, 0.4) is 0 Å². The Morgan fingerprint density at radius 1 is 1.20 bits per heavy atom. The maximum Gasteiger partial charge on any atom is 0.320 e. The summed E-state index contributed by atoms with van der Waals surface area (Å²) in [5, 5.41) is 10.4. The third-order valence-corrected chi connectivity index (χ3v) is 5.03. The molecule has 1 aliphatic rings. The summed E-state index contributed by atoms with van der Waals surface area (Å²) < 4.78 is 5.56. The van der Waals surface area contributed by atoms with Crippen LogP contribution in [0.15, 0.2) is 48.5 Å². The monoisotopic (exact) mass is 359 g/mol. The number of piperidine rings is 1. The highest BCUT2D eigenvalue weighted by Crippen LogP contribution is 2.38. The molecule has 2 aromatic carbocycles. The molecule has 0 saturated carbocycles. The Bertz CT molecular complexity index is 732. The summed E-state index contributed by atoms with van der Waals surface area (Å²) >= 11 is 6.05. The molecule has 3 rings (SSSR count). The largest absolute Gasteiger partial charge is 0.496 e. The summed E-state index contributed by atoms with van der Waals surface area (Å²) in [5.74, 6) is -0.00859. The predicted octanol–water partition coefficient (Wildman–Crippen LogP) is 4.38. The van der Waals surface area contributed by atoms with Crippen LogP contribution < -0.4 is 4.74 Å². The molecule has 1 fully saturated rings. The molecule has 0 spiro atoms. The zero-order valence-electron chi connectivity index (χ0n) is 14.2. The second-order valence-corrected chi connectivity index (χ2v) is 6.72.